The Morgan fingerprint density at radius 2 is 1.56 bits per heavy atom. The zero-order valence-electron chi connectivity index (χ0n) is 16.7. The lowest BCUT2D eigenvalue weighted by atomic mass is 10.1. The van der Waals surface area contributed by atoms with Crippen LogP contribution in [-0.4, -0.2) is 22.9 Å². The lowest BCUT2D eigenvalue weighted by molar-refractivity contribution is -0.131. The number of rotatable bonds is 8. The Kier molecular flexibility index (Phi) is 7.77. The molecule has 0 fully saturated rings. The summed E-state index contributed by atoms with van der Waals surface area (Å²) in [5.74, 6) is -2.48. The van der Waals surface area contributed by atoms with Crippen molar-refractivity contribution in [2.24, 2.45) is 0 Å². The number of carboxylic acids is 1. The molecule has 6 nitrogen and oxygen atoms in total. The van der Waals surface area contributed by atoms with Gasteiger partial charge < -0.3 is 15.7 Å². The summed E-state index contributed by atoms with van der Waals surface area (Å²) < 4.78 is 13.2. The standard InChI is InChI=1S/C24H19FN2O4S/c25-17-9-11-18(12-10-17)27-24(31)23(16-5-2-1-3-6-16)32-20-8-4-7-19(15-20)26-21(28)13-14-22(29)30/h1-15,23H,(H,26,28)(H,27,31)(H,29,30)/b14-13+. The van der Waals surface area contributed by atoms with Crippen LogP contribution in [0.15, 0.2) is 95.9 Å². The van der Waals surface area contributed by atoms with Crippen LogP contribution < -0.4 is 10.6 Å². The number of anilines is 2. The summed E-state index contributed by atoms with van der Waals surface area (Å²) in [6.07, 6.45) is 1.67. The zero-order chi connectivity index (χ0) is 22.9. The predicted molar refractivity (Wildman–Crippen MR) is 122 cm³/mol. The van der Waals surface area contributed by atoms with Gasteiger partial charge in [-0.15, -0.1) is 11.8 Å². The maximum atomic E-state index is 13.2. The fourth-order valence-corrected chi connectivity index (χ4v) is 3.84. The van der Waals surface area contributed by atoms with E-state index in [0.717, 1.165) is 17.7 Å². The number of aliphatic carboxylic acids is 1. The molecule has 0 aromatic heterocycles. The second kappa shape index (κ2) is 10.9. The van der Waals surface area contributed by atoms with Gasteiger partial charge in [-0.25, -0.2) is 9.18 Å². The minimum absolute atomic E-state index is 0.286. The van der Waals surface area contributed by atoms with Crippen molar-refractivity contribution in [1.82, 2.24) is 0 Å². The maximum Gasteiger partial charge on any atom is 0.328 e. The number of thioether (sulfide) groups is 1. The molecule has 2 amide bonds. The predicted octanol–water partition coefficient (Wildman–Crippen LogP) is 4.88. The van der Waals surface area contributed by atoms with Gasteiger partial charge in [-0.1, -0.05) is 36.4 Å². The number of carbonyl (C=O) groups excluding carboxylic acids is 2. The Hall–Kier alpha value is -3.91. The van der Waals surface area contributed by atoms with Crippen LogP contribution in [0.2, 0.25) is 0 Å². The molecule has 32 heavy (non-hydrogen) atoms. The summed E-state index contributed by atoms with van der Waals surface area (Å²) in [5.41, 5.74) is 1.71. The van der Waals surface area contributed by atoms with Gasteiger partial charge in [-0.2, -0.15) is 0 Å². The topological polar surface area (TPSA) is 95.5 Å². The maximum absolute atomic E-state index is 13.2. The molecular formula is C24H19FN2O4S. The Morgan fingerprint density at radius 3 is 2.25 bits per heavy atom. The van der Waals surface area contributed by atoms with Crippen molar-refractivity contribution >= 4 is 40.9 Å². The highest BCUT2D eigenvalue weighted by Crippen LogP contribution is 2.37. The number of nitrogens with one attached hydrogen (secondary N) is 2. The van der Waals surface area contributed by atoms with E-state index in [9.17, 15) is 18.8 Å². The molecule has 8 heteroatoms. The van der Waals surface area contributed by atoms with Crippen LogP contribution in [0.25, 0.3) is 0 Å². The van der Waals surface area contributed by atoms with E-state index in [1.54, 1.807) is 24.3 Å². The van der Waals surface area contributed by atoms with E-state index in [2.05, 4.69) is 10.6 Å². The van der Waals surface area contributed by atoms with Crippen LogP contribution in [0.3, 0.4) is 0 Å². The molecule has 3 aromatic rings. The van der Waals surface area contributed by atoms with Crippen LogP contribution >= 0.6 is 11.8 Å². The van der Waals surface area contributed by atoms with Crippen molar-refractivity contribution in [2.45, 2.75) is 10.1 Å². The molecule has 3 rings (SSSR count). The fourth-order valence-electron chi connectivity index (χ4n) is 2.76. The summed E-state index contributed by atoms with van der Waals surface area (Å²) in [6.45, 7) is 0. The molecule has 0 heterocycles. The van der Waals surface area contributed by atoms with E-state index in [-0.39, 0.29) is 5.91 Å². The van der Waals surface area contributed by atoms with Crippen LogP contribution in [0.1, 0.15) is 10.8 Å². The minimum Gasteiger partial charge on any atom is -0.478 e. The smallest absolute Gasteiger partial charge is 0.328 e. The van der Waals surface area contributed by atoms with Crippen molar-refractivity contribution < 1.29 is 23.9 Å². The van der Waals surface area contributed by atoms with E-state index < -0.39 is 22.9 Å². The first-order chi connectivity index (χ1) is 15.4. The number of amides is 2. The molecule has 0 aliphatic rings. The van der Waals surface area contributed by atoms with Crippen molar-refractivity contribution in [1.29, 1.82) is 0 Å². The highest BCUT2D eigenvalue weighted by molar-refractivity contribution is 8.00. The molecule has 0 aliphatic carbocycles. The Balaban J connectivity index is 1.79. The number of hydrogen-bond donors (Lipinski definition) is 3. The van der Waals surface area contributed by atoms with Gasteiger partial charge in [0.2, 0.25) is 11.8 Å². The summed E-state index contributed by atoms with van der Waals surface area (Å²) in [5, 5.41) is 13.4. The van der Waals surface area contributed by atoms with Gasteiger partial charge in [0.05, 0.1) is 0 Å². The average Bonchev–Trinajstić information content (AvgIpc) is 2.78. The summed E-state index contributed by atoms with van der Waals surface area (Å²) in [6, 6.07) is 21.6. The van der Waals surface area contributed by atoms with Gasteiger partial charge in [-0.3, -0.25) is 9.59 Å². The molecule has 0 radical (unpaired) electrons. The normalized spacial score (nSPS) is 11.7. The molecule has 3 N–H and O–H groups in total. The SMILES string of the molecule is O=C(O)/C=C/C(=O)Nc1cccc(SC(C(=O)Nc2ccc(F)cc2)c2ccccc2)c1. The van der Waals surface area contributed by atoms with Gasteiger partial charge in [0.1, 0.15) is 11.1 Å². The molecule has 1 unspecified atom stereocenters. The molecule has 0 saturated carbocycles. The molecule has 162 valence electrons. The zero-order valence-corrected chi connectivity index (χ0v) is 17.5. The van der Waals surface area contributed by atoms with E-state index in [4.69, 9.17) is 5.11 Å². The van der Waals surface area contributed by atoms with Crippen molar-refractivity contribution in [3.63, 3.8) is 0 Å². The van der Waals surface area contributed by atoms with Crippen LogP contribution in [0.5, 0.6) is 0 Å². The van der Waals surface area contributed by atoms with Gasteiger partial charge >= 0.3 is 5.97 Å². The number of benzene rings is 3. The van der Waals surface area contributed by atoms with Gasteiger partial charge in [0.15, 0.2) is 0 Å². The Bertz CT molecular complexity index is 1130. The minimum atomic E-state index is -1.22. The monoisotopic (exact) mass is 450 g/mol. The lowest BCUT2D eigenvalue weighted by Crippen LogP contribution is -2.19. The largest absolute Gasteiger partial charge is 0.478 e. The third kappa shape index (κ3) is 6.82. The van der Waals surface area contributed by atoms with Crippen LogP contribution in [0, 0.1) is 5.82 Å². The van der Waals surface area contributed by atoms with E-state index >= 15 is 0 Å². The molecule has 1 atom stereocenters. The quantitative estimate of drug-likeness (QED) is 0.336. The molecule has 0 bridgehead atoms. The van der Waals surface area contributed by atoms with Crippen molar-refractivity contribution in [2.75, 3.05) is 10.6 Å². The van der Waals surface area contributed by atoms with E-state index in [1.807, 2.05) is 30.3 Å². The van der Waals surface area contributed by atoms with Gasteiger partial charge in [0.25, 0.3) is 0 Å². The second-order valence-electron chi connectivity index (χ2n) is 6.59. The molecule has 0 spiro atoms. The Labute approximate surface area is 188 Å². The Morgan fingerprint density at radius 1 is 0.844 bits per heavy atom. The molecule has 0 saturated heterocycles. The first-order valence-corrected chi connectivity index (χ1v) is 10.4. The fraction of sp³-hybridized carbons (Fsp3) is 0.0417. The molecular weight excluding hydrogens is 431 g/mol. The first-order valence-electron chi connectivity index (χ1n) is 9.51. The number of carbonyl (C=O) groups is 3. The van der Waals surface area contributed by atoms with Crippen molar-refractivity contribution in [3.05, 3.63) is 102 Å². The highest BCUT2D eigenvalue weighted by Gasteiger charge is 2.22. The third-order valence-corrected chi connectivity index (χ3v) is 5.43. The number of hydrogen-bond acceptors (Lipinski definition) is 4. The lowest BCUT2D eigenvalue weighted by Gasteiger charge is -2.17. The van der Waals surface area contributed by atoms with Gasteiger partial charge in [0, 0.05) is 28.4 Å². The van der Waals surface area contributed by atoms with Crippen LogP contribution in [-0.2, 0) is 14.4 Å². The van der Waals surface area contributed by atoms with Crippen molar-refractivity contribution in [3.8, 4) is 0 Å². The third-order valence-electron chi connectivity index (χ3n) is 4.19. The second-order valence-corrected chi connectivity index (χ2v) is 7.77. The summed E-state index contributed by atoms with van der Waals surface area (Å²) in [7, 11) is 0. The van der Waals surface area contributed by atoms with E-state index in [1.165, 1.54) is 36.0 Å². The average molecular weight is 450 g/mol. The summed E-state index contributed by atoms with van der Waals surface area (Å²) >= 11 is 1.28. The summed E-state index contributed by atoms with van der Waals surface area (Å²) in [4.78, 5) is 36.2. The molecule has 0 aliphatic heterocycles. The number of carboxylic acid groups (broad SMARTS) is 1. The molecule has 3 aromatic carbocycles. The van der Waals surface area contributed by atoms with Crippen LogP contribution in [0.4, 0.5) is 15.8 Å². The first kappa shape index (κ1) is 22.8. The van der Waals surface area contributed by atoms with E-state index in [0.29, 0.717) is 16.3 Å². The van der Waals surface area contributed by atoms with Gasteiger partial charge in [-0.05, 0) is 48.0 Å². The highest BCUT2D eigenvalue weighted by atomic mass is 32.2. The number of halogens is 1.